The van der Waals surface area contributed by atoms with E-state index >= 15 is 0 Å². The van der Waals surface area contributed by atoms with Crippen LogP contribution in [-0.2, 0) is 0 Å². The van der Waals surface area contributed by atoms with Gasteiger partial charge in [-0.3, -0.25) is 0 Å². The molecule has 78 valence electrons. The van der Waals surface area contributed by atoms with E-state index < -0.39 is 0 Å². The largest absolute Gasteiger partial charge is 0.456 e. The van der Waals surface area contributed by atoms with Crippen molar-refractivity contribution in [1.29, 1.82) is 0 Å². The van der Waals surface area contributed by atoms with Crippen molar-refractivity contribution in [3.8, 4) is 0 Å². The molecule has 2 heteroatoms. The molecule has 0 amide bonds. The summed E-state index contributed by atoms with van der Waals surface area (Å²) >= 11 is 0. The normalized spacial score (nSPS) is 11.0. The molecule has 0 spiro atoms. The van der Waals surface area contributed by atoms with Crippen LogP contribution in [0.5, 0.6) is 0 Å². The van der Waals surface area contributed by atoms with E-state index in [1.54, 1.807) is 6.08 Å². The van der Waals surface area contributed by atoms with Crippen molar-refractivity contribution in [2.45, 2.75) is 0 Å². The van der Waals surface area contributed by atoms with Crippen LogP contribution in [-0.4, -0.2) is 0 Å². The second-order valence-electron chi connectivity index (χ2n) is 3.82. The highest BCUT2D eigenvalue weighted by Gasteiger charge is 2.06. The molecule has 2 nitrogen and oxygen atoms in total. The monoisotopic (exact) mass is 209 g/mol. The summed E-state index contributed by atoms with van der Waals surface area (Å²) in [6.45, 7) is 3.74. The molecule has 1 heterocycles. The Kier molecular flexibility index (Phi) is 1.77. The molecule has 1 aromatic heterocycles. The number of furan rings is 1. The molecular weight excluding hydrogens is 198 g/mol. The average Bonchev–Trinajstić information content (AvgIpc) is 2.64. The first-order valence-corrected chi connectivity index (χ1v) is 5.12. The molecule has 0 aliphatic heterocycles. The number of hydrogen-bond donors (Lipinski definition) is 1. The van der Waals surface area contributed by atoms with E-state index in [0.717, 1.165) is 33.2 Å². The quantitative estimate of drug-likeness (QED) is 0.619. The summed E-state index contributed by atoms with van der Waals surface area (Å²) in [5.41, 5.74) is 9.20. The predicted octanol–water partition coefficient (Wildman–Crippen LogP) is 3.81. The fourth-order valence-corrected chi connectivity index (χ4v) is 1.94. The maximum absolute atomic E-state index is 5.75. The number of nitrogen functional groups attached to an aromatic ring is 1. The molecule has 3 aromatic rings. The average molecular weight is 209 g/mol. The summed E-state index contributed by atoms with van der Waals surface area (Å²) in [6.07, 6.45) is 1.81. The van der Waals surface area contributed by atoms with E-state index in [0.29, 0.717) is 0 Å². The molecule has 0 fully saturated rings. The molecule has 16 heavy (non-hydrogen) atoms. The van der Waals surface area contributed by atoms with Gasteiger partial charge in [-0.05, 0) is 29.8 Å². The Labute approximate surface area is 93.0 Å². The number of fused-ring (bicyclic) bond motifs is 3. The van der Waals surface area contributed by atoms with Crippen LogP contribution in [0.1, 0.15) is 5.56 Å². The van der Waals surface area contributed by atoms with E-state index in [1.165, 1.54) is 0 Å². The predicted molar refractivity (Wildman–Crippen MR) is 68.2 cm³/mol. The van der Waals surface area contributed by atoms with E-state index in [-0.39, 0.29) is 0 Å². The van der Waals surface area contributed by atoms with Crippen molar-refractivity contribution in [1.82, 2.24) is 0 Å². The van der Waals surface area contributed by atoms with E-state index in [9.17, 15) is 0 Å². The van der Waals surface area contributed by atoms with Crippen LogP contribution >= 0.6 is 0 Å². The first kappa shape index (κ1) is 9.04. The van der Waals surface area contributed by atoms with Crippen molar-refractivity contribution in [3.05, 3.63) is 48.5 Å². The first-order chi connectivity index (χ1) is 7.78. The van der Waals surface area contributed by atoms with Crippen molar-refractivity contribution in [2.75, 3.05) is 5.73 Å². The third-order valence-electron chi connectivity index (χ3n) is 2.76. The van der Waals surface area contributed by atoms with Gasteiger partial charge in [-0.15, -0.1) is 0 Å². The zero-order valence-electron chi connectivity index (χ0n) is 8.73. The van der Waals surface area contributed by atoms with Crippen LogP contribution in [0.15, 0.2) is 47.4 Å². The molecule has 0 unspecified atom stereocenters. The zero-order valence-corrected chi connectivity index (χ0v) is 8.73. The first-order valence-electron chi connectivity index (χ1n) is 5.12. The Morgan fingerprint density at radius 2 is 1.69 bits per heavy atom. The van der Waals surface area contributed by atoms with E-state index in [4.69, 9.17) is 10.2 Å². The standard InChI is InChI=1S/C14H11NO/c1-2-9-3-5-11-12-6-4-10(15)8-14(12)16-13(11)7-9/h2-8H,1,15H2. The maximum Gasteiger partial charge on any atom is 0.137 e. The van der Waals surface area contributed by atoms with Gasteiger partial charge in [-0.25, -0.2) is 0 Å². The Hall–Kier alpha value is -2.22. The van der Waals surface area contributed by atoms with Crippen LogP contribution in [0, 0.1) is 0 Å². The van der Waals surface area contributed by atoms with E-state index in [1.807, 2.05) is 36.4 Å². The van der Waals surface area contributed by atoms with Crippen LogP contribution in [0.3, 0.4) is 0 Å². The Morgan fingerprint density at radius 3 is 2.44 bits per heavy atom. The Balaban J connectivity index is 2.45. The SMILES string of the molecule is C=Cc1ccc2c(c1)oc1cc(N)ccc12. The number of hydrogen-bond acceptors (Lipinski definition) is 2. The molecule has 0 saturated heterocycles. The minimum Gasteiger partial charge on any atom is -0.456 e. The third kappa shape index (κ3) is 1.20. The van der Waals surface area contributed by atoms with E-state index in [2.05, 4.69) is 6.58 Å². The lowest BCUT2D eigenvalue weighted by atomic mass is 10.1. The van der Waals surface area contributed by atoms with Gasteiger partial charge in [-0.1, -0.05) is 18.7 Å². The summed E-state index contributed by atoms with van der Waals surface area (Å²) in [7, 11) is 0. The molecule has 0 bridgehead atoms. The fraction of sp³-hybridized carbons (Fsp3) is 0. The molecule has 3 rings (SSSR count). The molecule has 0 atom stereocenters. The summed E-state index contributed by atoms with van der Waals surface area (Å²) in [6, 6.07) is 11.8. The molecule has 2 N–H and O–H groups in total. The Bertz CT molecular complexity index is 694. The highest BCUT2D eigenvalue weighted by Crippen LogP contribution is 2.30. The zero-order chi connectivity index (χ0) is 11.1. The lowest BCUT2D eigenvalue weighted by Crippen LogP contribution is -1.81. The summed E-state index contributed by atoms with van der Waals surface area (Å²) in [5.74, 6) is 0. The lowest BCUT2D eigenvalue weighted by Gasteiger charge is -1.92. The van der Waals surface area contributed by atoms with Gasteiger partial charge in [0.25, 0.3) is 0 Å². The molecule has 0 aliphatic rings. The van der Waals surface area contributed by atoms with Gasteiger partial charge in [-0.2, -0.15) is 0 Å². The number of rotatable bonds is 1. The molecular formula is C14H11NO. The Morgan fingerprint density at radius 1 is 1.00 bits per heavy atom. The summed E-state index contributed by atoms with van der Waals surface area (Å²) in [4.78, 5) is 0. The van der Waals surface area contributed by atoms with Gasteiger partial charge in [0.2, 0.25) is 0 Å². The van der Waals surface area contributed by atoms with Crippen LogP contribution < -0.4 is 5.73 Å². The second kappa shape index (κ2) is 3.14. The highest BCUT2D eigenvalue weighted by molar-refractivity contribution is 6.06. The van der Waals surface area contributed by atoms with Gasteiger partial charge in [0.15, 0.2) is 0 Å². The minimum atomic E-state index is 0.718. The molecule has 0 radical (unpaired) electrons. The number of nitrogens with two attached hydrogens (primary N) is 1. The van der Waals surface area contributed by atoms with Gasteiger partial charge in [0.1, 0.15) is 11.2 Å². The van der Waals surface area contributed by atoms with Crippen LogP contribution in [0.2, 0.25) is 0 Å². The number of benzene rings is 2. The summed E-state index contributed by atoms with van der Waals surface area (Å²) in [5, 5.41) is 2.21. The van der Waals surface area contributed by atoms with Crippen molar-refractivity contribution >= 4 is 33.7 Å². The highest BCUT2D eigenvalue weighted by atomic mass is 16.3. The summed E-state index contributed by atoms with van der Waals surface area (Å²) < 4.78 is 5.75. The number of anilines is 1. The fourth-order valence-electron chi connectivity index (χ4n) is 1.94. The van der Waals surface area contributed by atoms with Gasteiger partial charge in [0.05, 0.1) is 0 Å². The van der Waals surface area contributed by atoms with Crippen LogP contribution in [0.25, 0.3) is 28.0 Å². The minimum absolute atomic E-state index is 0.718. The van der Waals surface area contributed by atoms with Gasteiger partial charge in [0, 0.05) is 22.5 Å². The topological polar surface area (TPSA) is 39.2 Å². The second-order valence-corrected chi connectivity index (χ2v) is 3.82. The van der Waals surface area contributed by atoms with Crippen LogP contribution in [0.4, 0.5) is 5.69 Å². The lowest BCUT2D eigenvalue weighted by molar-refractivity contribution is 0.669. The van der Waals surface area contributed by atoms with Crippen molar-refractivity contribution in [3.63, 3.8) is 0 Å². The van der Waals surface area contributed by atoms with Gasteiger partial charge >= 0.3 is 0 Å². The van der Waals surface area contributed by atoms with Crippen molar-refractivity contribution in [2.24, 2.45) is 0 Å². The maximum atomic E-state index is 5.75. The molecule has 0 saturated carbocycles. The van der Waals surface area contributed by atoms with Crippen molar-refractivity contribution < 1.29 is 4.42 Å². The third-order valence-corrected chi connectivity index (χ3v) is 2.76. The van der Waals surface area contributed by atoms with Gasteiger partial charge < -0.3 is 10.2 Å². The molecule has 0 aliphatic carbocycles. The molecule has 2 aromatic carbocycles. The smallest absolute Gasteiger partial charge is 0.137 e.